The Morgan fingerprint density at radius 1 is 1.45 bits per heavy atom. The van der Waals surface area contributed by atoms with Crippen LogP contribution in [0.3, 0.4) is 0 Å². The van der Waals surface area contributed by atoms with Crippen molar-refractivity contribution in [2.75, 3.05) is 19.7 Å². The van der Waals surface area contributed by atoms with Gasteiger partial charge in [-0.05, 0) is 38.3 Å². The standard InChI is InChI=1S/C16H24N2O2/c1-12-14-7-5-4-6-13(14)8-9-18(12)15(20)10-17-16(2,3)11-19/h4-7,12,17,19H,8-11H2,1-3H3/t12-/m1/s1. The fourth-order valence-electron chi connectivity index (χ4n) is 2.58. The lowest BCUT2D eigenvalue weighted by atomic mass is 9.93. The van der Waals surface area contributed by atoms with E-state index in [-0.39, 0.29) is 25.1 Å². The van der Waals surface area contributed by atoms with Crippen LogP contribution in [0, 0.1) is 0 Å². The molecule has 0 spiro atoms. The fraction of sp³-hybridized carbons (Fsp3) is 0.562. The number of hydrogen-bond donors (Lipinski definition) is 2. The van der Waals surface area contributed by atoms with E-state index in [0.717, 1.165) is 13.0 Å². The van der Waals surface area contributed by atoms with Crippen molar-refractivity contribution in [3.8, 4) is 0 Å². The van der Waals surface area contributed by atoms with Crippen molar-refractivity contribution in [2.24, 2.45) is 0 Å². The van der Waals surface area contributed by atoms with E-state index in [0.29, 0.717) is 0 Å². The van der Waals surface area contributed by atoms with Crippen molar-refractivity contribution in [1.82, 2.24) is 10.2 Å². The van der Waals surface area contributed by atoms with Gasteiger partial charge in [0.1, 0.15) is 0 Å². The maximum atomic E-state index is 12.4. The molecule has 1 aromatic rings. The first-order valence-corrected chi connectivity index (χ1v) is 7.18. The number of rotatable bonds is 4. The molecule has 4 heteroatoms. The quantitative estimate of drug-likeness (QED) is 0.876. The summed E-state index contributed by atoms with van der Waals surface area (Å²) in [5.74, 6) is 0.0912. The summed E-state index contributed by atoms with van der Waals surface area (Å²) in [5, 5.41) is 12.3. The van der Waals surface area contributed by atoms with E-state index in [1.54, 1.807) is 0 Å². The summed E-state index contributed by atoms with van der Waals surface area (Å²) in [6.07, 6.45) is 0.912. The number of nitrogens with one attached hydrogen (secondary N) is 1. The lowest BCUT2D eigenvalue weighted by Gasteiger charge is -2.36. The van der Waals surface area contributed by atoms with Gasteiger partial charge in [0.25, 0.3) is 0 Å². The van der Waals surface area contributed by atoms with Gasteiger partial charge in [-0.1, -0.05) is 24.3 Å². The van der Waals surface area contributed by atoms with E-state index < -0.39 is 5.54 Å². The summed E-state index contributed by atoms with van der Waals surface area (Å²) in [6, 6.07) is 8.43. The van der Waals surface area contributed by atoms with Crippen LogP contribution < -0.4 is 5.32 Å². The van der Waals surface area contributed by atoms with Crippen LogP contribution in [0.4, 0.5) is 0 Å². The van der Waals surface area contributed by atoms with Gasteiger partial charge in [-0.2, -0.15) is 0 Å². The van der Waals surface area contributed by atoms with E-state index in [4.69, 9.17) is 0 Å². The zero-order valence-corrected chi connectivity index (χ0v) is 12.5. The largest absolute Gasteiger partial charge is 0.394 e. The van der Waals surface area contributed by atoms with Crippen molar-refractivity contribution in [1.29, 1.82) is 0 Å². The first kappa shape index (κ1) is 15.0. The minimum absolute atomic E-state index is 0.0126. The van der Waals surface area contributed by atoms with Crippen molar-refractivity contribution < 1.29 is 9.90 Å². The smallest absolute Gasteiger partial charge is 0.237 e. The van der Waals surface area contributed by atoms with E-state index in [9.17, 15) is 9.90 Å². The van der Waals surface area contributed by atoms with Crippen molar-refractivity contribution >= 4 is 5.91 Å². The summed E-state index contributed by atoms with van der Waals surface area (Å²) in [5.41, 5.74) is 2.16. The lowest BCUT2D eigenvalue weighted by Crippen LogP contribution is -2.50. The van der Waals surface area contributed by atoms with Crippen molar-refractivity contribution in [2.45, 2.75) is 38.8 Å². The molecule has 0 radical (unpaired) electrons. The number of fused-ring (bicyclic) bond motifs is 1. The third-order valence-corrected chi connectivity index (χ3v) is 4.03. The highest BCUT2D eigenvalue weighted by molar-refractivity contribution is 5.79. The van der Waals surface area contributed by atoms with E-state index in [2.05, 4.69) is 24.4 Å². The lowest BCUT2D eigenvalue weighted by molar-refractivity contribution is -0.133. The summed E-state index contributed by atoms with van der Waals surface area (Å²) >= 11 is 0. The zero-order chi connectivity index (χ0) is 14.8. The molecule has 4 nitrogen and oxygen atoms in total. The number of carbonyl (C=O) groups excluding carboxylic acids is 1. The second-order valence-corrected chi connectivity index (χ2v) is 6.11. The molecule has 0 saturated carbocycles. The Bertz CT molecular complexity index is 485. The van der Waals surface area contributed by atoms with Gasteiger partial charge in [-0.15, -0.1) is 0 Å². The van der Waals surface area contributed by atoms with E-state index in [1.165, 1.54) is 11.1 Å². The number of aliphatic hydroxyl groups excluding tert-OH is 1. The Morgan fingerprint density at radius 2 is 2.15 bits per heavy atom. The van der Waals surface area contributed by atoms with Crippen LogP contribution in [-0.2, 0) is 11.2 Å². The summed E-state index contributed by atoms with van der Waals surface area (Å²) < 4.78 is 0. The number of nitrogens with zero attached hydrogens (tertiary/aromatic N) is 1. The molecular formula is C16H24N2O2. The molecule has 1 atom stereocenters. The average Bonchev–Trinajstić information content (AvgIpc) is 2.45. The number of carbonyl (C=O) groups is 1. The molecule has 0 saturated heterocycles. The monoisotopic (exact) mass is 276 g/mol. The topological polar surface area (TPSA) is 52.6 Å². The van der Waals surface area contributed by atoms with Gasteiger partial charge in [0.05, 0.1) is 19.2 Å². The summed E-state index contributed by atoms with van der Waals surface area (Å²) in [6.45, 7) is 6.88. The van der Waals surface area contributed by atoms with Gasteiger partial charge in [-0.25, -0.2) is 0 Å². The van der Waals surface area contributed by atoms with Gasteiger partial charge in [-0.3, -0.25) is 4.79 Å². The highest BCUT2D eigenvalue weighted by atomic mass is 16.3. The molecular weight excluding hydrogens is 252 g/mol. The number of hydrogen-bond acceptors (Lipinski definition) is 3. The normalized spacial score (nSPS) is 18.8. The zero-order valence-electron chi connectivity index (χ0n) is 12.5. The first-order valence-electron chi connectivity index (χ1n) is 7.18. The second-order valence-electron chi connectivity index (χ2n) is 6.11. The highest BCUT2D eigenvalue weighted by Gasteiger charge is 2.28. The molecule has 0 fully saturated rings. The molecule has 1 aliphatic rings. The van der Waals surface area contributed by atoms with Crippen molar-refractivity contribution in [3.63, 3.8) is 0 Å². The Labute approximate surface area is 120 Å². The second kappa shape index (κ2) is 5.94. The van der Waals surface area contributed by atoms with Crippen LogP contribution >= 0.6 is 0 Å². The average molecular weight is 276 g/mol. The molecule has 110 valence electrons. The molecule has 1 aliphatic heterocycles. The molecule has 2 N–H and O–H groups in total. The van der Waals surface area contributed by atoms with Crippen LogP contribution in [0.15, 0.2) is 24.3 Å². The summed E-state index contributed by atoms with van der Waals surface area (Å²) in [7, 11) is 0. The predicted molar refractivity (Wildman–Crippen MR) is 79.4 cm³/mol. The van der Waals surface area contributed by atoms with Gasteiger partial charge in [0.2, 0.25) is 5.91 Å². The Balaban J connectivity index is 2.02. The van der Waals surface area contributed by atoms with Gasteiger partial charge < -0.3 is 15.3 Å². The number of aliphatic hydroxyl groups is 1. The first-order chi connectivity index (χ1) is 9.44. The van der Waals surface area contributed by atoms with Crippen LogP contribution in [0.25, 0.3) is 0 Å². The minimum atomic E-state index is -0.424. The maximum absolute atomic E-state index is 12.4. The Hall–Kier alpha value is -1.39. The minimum Gasteiger partial charge on any atom is -0.394 e. The molecule has 0 bridgehead atoms. The molecule has 1 heterocycles. The number of amides is 1. The summed E-state index contributed by atoms with van der Waals surface area (Å²) in [4.78, 5) is 14.3. The van der Waals surface area contributed by atoms with E-state index in [1.807, 2.05) is 30.9 Å². The Kier molecular flexibility index (Phi) is 4.45. The van der Waals surface area contributed by atoms with Gasteiger partial charge in [0.15, 0.2) is 0 Å². The molecule has 2 rings (SSSR count). The highest BCUT2D eigenvalue weighted by Crippen LogP contribution is 2.28. The van der Waals surface area contributed by atoms with Crippen LogP contribution in [-0.4, -0.2) is 41.1 Å². The third-order valence-electron chi connectivity index (χ3n) is 4.03. The van der Waals surface area contributed by atoms with Crippen LogP contribution in [0.2, 0.25) is 0 Å². The number of benzene rings is 1. The van der Waals surface area contributed by atoms with Crippen molar-refractivity contribution in [3.05, 3.63) is 35.4 Å². The molecule has 0 unspecified atom stereocenters. The third kappa shape index (κ3) is 3.19. The fourth-order valence-corrected chi connectivity index (χ4v) is 2.58. The molecule has 1 aromatic carbocycles. The Morgan fingerprint density at radius 3 is 2.85 bits per heavy atom. The SMILES string of the molecule is C[C@@H]1c2ccccc2CCN1C(=O)CNC(C)(C)CO. The van der Waals surface area contributed by atoms with E-state index >= 15 is 0 Å². The predicted octanol–water partition coefficient (Wildman–Crippen LogP) is 1.49. The van der Waals surface area contributed by atoms with Gasteiger partial charge in [0, 0.05) is 12.1 Å². The molecule has 20 heavy (non-hydrogen) atoms. The maximum Gasteiger partial charge on any atom is 0.237 e. The molecule has 1 amide bonds. The molecule has 0 aromatic heterocycles. The molecule has 0 aliphatic carbocycles. The van der Waals surface area contributed by atoms with Crippen LogP contribution in [0.1, 0.15) is 37.9 Å². The van der Waals surface area contributed by atoms with Crippen LogP contribution in [0.5, 0.6) is 0 Å². The van der Waals surface area contributed by atoms with Gasteiger partial charge >= 0.3 is 0 Å².